The standard InChI is InChI=1S/C11H19NO4.C10H11NO2/c1-11(2,3)16-10(14)12-7-5-6-8(12)9(13)15-4;12-10(13)11-6-5-8-3-1-2-4-9(8)7-11/h8H,5-7H2,1-4H3;1-4H,5-7H2,(H,12,13). The summed E-state index contributed by atoms with van der Waals surface area (Å²) in [6.07, 6.45) is 1.02. The minimum atomic E-state index is -0.825. The summed E-state index contributed by atoms with van der Waals surface area (Å²) in [6.45, 7) is 7.10. The van der Waals surface area contributed by atoms with Crippen LogP contribution < -0.4 is 0 Å². The maximum atomic E-state index is 11.8. The molecule has 1 unspecified atom stereocenters. The number of ether oxygens (including phenoxy) is 2. The first-order chi connectivity index (χ1) is 13.6. The van der Waals surface area contributed by atoms with Crippen molar-refractivity contribution in [2.24, 2.45) is 0 Å². The molecule has 2 aliphatic heterocycles. The fourth-order valence-electron chi connectivity index (χ4n) is 3.35. The fraction of sp³-hybridized carbons (Fsp3) is 0.571. The van der Waals surface area contributed by atoms with E-state index in [1.54, 1.807) is 20.8 Å². The molecule has 160 valence electrons. The molecule has 8 heteroatoms. The molecule has 0 radical (unpaired) electrons. The Morgan fingerprint density at radius 2 is 1.76 bits per heavy atom. The lowest BCUT2D eigenvalue weighted by molar-refractivity contribution is -0.145. The van der Waals surface area contributed by atoms with Crippen LogP contribution in [0.15, 0.2) is 24.3 Å². The van der Waals surface area contributed by atoms with Crippen molar-refractivity contribution in [3.05, 3.63) is 35.4 Å². The predicted molar refractivity (Wildman–Crippen MR) is 107 cm³/mol. The molecule has 1 fully saturated rings. The zero-order chi connectivity index (χ0) is 21.6. The fourth-order valence-corrected chi connectivity index (χ4v) is 3.35. The lowest BCUT2D eigenvalue weighted by Crippen LogP contribution is -2.43. The summed E-state index contributed by atoms with van der Waals surface area (Å²) in [5.41, 5.74) is 1.87. The molecule has 0 aromatic heterocycles. The molecule has 29 heavy (non-hydrogen) atoms. The second-order valence-corrected chi connectivity index (χ2v) is 8.08. The summed E-state index contributed by atoms with van der Waals surface area (Å²) in [5.74, 6) is -0.372. The molecule has 2 heterocycles. The summed E-state index contributed by atoms with van der Waals surface area (Å²) in [7, 11) is 1.33. The minimum Gasteiger partial charge on any atom is -0.467 e. The van der Waals surface area contributed by atoms with Crippen molar-refractivity contribution in [2.75, 3.05) is 20.2 Å². The molecule has 1 aromatic rings. The van der Waals surface area contributed by atoms with Gasteiger partial charge in [0.15, 0.2) is 0 Å². The van der Waals surface area contributed by atoms with Crippen LogP contribution in [0, 0.1) is 0 Å². The van der Waals surface area contributed by atoms with Gasteiger partial charge >= 0.3 is 18.2 Å². The summed E-state index contributed by atoms with van der Waals surface area (Å²) in [6, 6.07) is 7.51. The largest absolute Gasteiger partial charge is 0.467 e. The van der Waals surface area contributed by atoms with Gasteiger partial charge in [0.25, 0.3) is 0 Å². The van der Waals surface area contributed by atoms with Gasteiger partial charge in [0, 0.05) is 19.6 Å². The van der Waals surface area contributed by atoms with Crippen LogP contribution in [0.2, 0.25) is 0 Å². The molecule has 2 aliphatic rings. The van der Waals surface area contributed by atoms with E-state index in [1.165, 1.54) is 22.5 Å². The van der Waals surface area contributed by atoms with E-state index in [2.05, 4.69) is 10.8 Å². The number of esters is 1. The van der Waals surface area contributed by atoms with Crippen molar-refractivity contribution in [3.63, 3.8) is 0 Å². The molecule has 3 rings (SSSR count). The monoisotopic (exact) mass is 406 g/mol. The van der Waals surface area contributed by atoms with Crippen LogP contribution in [-0.4, -0.2) is 64.9 Å². The van der Waals surface area contributed by atoms with E-state index in [-0.39, 0.29) is 5.97 Å². The quantitative estimate of drug-likeness (QED) is 0.719. The highest BCUT2D eigenvalue weighted by Crippen LogP contribution is 2.21. The second kappa shape index (κ2) is 9.62. The highest BCUT2D eigenvalue weighted by molar-refractivity contribution is 5.82. The number of nitrogens with zero attached hydrogens (tertiary/aromatic N) is 2. The van der Waals surface area contributed by atoms with Gasteiger partial charge in [-0.3, -0.25) is 4.90 Å². The number of hydrogen-bond donors (Lipinski definition) is 1. The molecular weight excluding hydrogens is 376 g/mol. The molecular formula is C21H30N2O6. The van der Waals surface area contributed by atoms with Crippen molar-refractivity contribution in [1.82, 2.24) is 9.80 Å². The zero-order valence-corrected chi connectivity index (χ0v) is 17.5. The van der Waals surface area contributed by atoms with Gasteiger partial charge in [0.2, 0.25) is 0 Å². The number of amides is 2. The Morgan fingerprint density at radius 3 is 2.34 bits per heavy atom. The smallest absolute Gasteiger partial charge is 0.411 e. The van der Waals surface area contributed by atoms with Crippen LogP contribution in [0.25, 0.3) is 0 Å². The third-order valence-electron chi connectivity index (χ3n) is 4.76. The Hall–Kier alpha value is -2.77. The van der Waals surface area contributed by atoms with E-state index in [9.17, 15) is 14.4 Å². The number of carboxylic acid groups (broad SMARTS) is 1. The van der Waals surface area contributed by atoms with Crippen molar-refractivity contribution < 1.29 is 29.0 Å². The second-order valence-electron chi connectivity index (χ2n) is 8.08. The minimum absolute atomic E-state index is 0.372. The van der Waals surface area contributed by atoms with E-state index in [0.29, 0.717) is 26.1 Å². The summed E-state index contributed by atoms with van der Waals surface area (Å²) >= 11 is 0. The van der Waals surface area contributed by atoms with Gasteiger partial charge in [-0.25, -0.2) is 14.4 Å². The van der Waals surface area contributed by atoms with Gasteiger partial charge in [-0.05, 0) is 51.2 Å². The highest BCUT2D eigenvalue weighted by atomic mass is 16.6. The predicted octanol–water partition coefficient (Wildman–Crippen LogP) is 3.28. The Labute approximate surface area is 171 Å². The van der Waals surface area contributed by atoms with E-state index in [1.807, 2.05) is 18.2 Å². The molecule has 0 spiro atoms. The maximum Gasteiger partial charge on any atom is 0.411 e. The van der Waals surface area contributed by atoms with Crippen LogP contribution in [-0.2, 0) is 27.2 Å². The topological polar surface area (TPSA) is 96.4 Å². The molecule has 8 nitrogen and oxygen atoms in total. The van der Waals surface area contributed by atoms with Gasteiger partial charge in [-0.2, -0.15) is 0 Å². The van der Waals surface area contributed by atoms with E-state index < -0.39 is 23.8 Å². The number of methoxy groups -OCH3 is 1. The Kier molecular flexibility index (Phi) is 7.47. The van der Waals surface area contributed by atoms with Gasteiger partial charge in [0.05, 0.1) is 7.11 Å². The number of carbonyl (C=O) groups excluding carboxylic acids is 2. The molecule has 2 amide bonds. The van der Waals surface area contributed by atoms with E-state index >= 15 is 0 Å². The average molecular weight is 406 g/mol. The highest BCUT2D eigenvalue weighted by Gasteiger charge is 2.37. The maximum absolute atomic E-state index is 11.8. The molecule has 1 atom stereocenters. The number of likely N-dealkylation sites (tertiary alicyclic amines) is 1. The third kappa shape index (κ3) is 6.37. The van der Waals surface area contributed by atoms with Crippen molar-refractivity contribution in [2.45, 2.75) is 58.2 Å². The molecule has 0 saturated carbocycles. The molecule has 0 bridgehead atoms. The Bertz CT molecular complexity index is 743. The Morgan fingerprint density at radius 1 is 1.10 bits per heavy atom. The lowest BCUT2D eigenvalue weighted by Gasteiger charge is -2.27. The van der Waals surface area contributed by atoms with Gasteiger partial charge in [0.1, 0.15) is 11.6 Å². The van der Waals surface area contributed by atoms with Gasteiger partial charge < -0.3 is 19.5 Å². The number of rotatable bonds is 1. The summed E-state index contributed by atoms with van der Waals surface area (Å²) in [4.78, 5) is 36.8. The lowest BCUT2D eigenvalue weighted by atomic mass is 10.0. The van der Waals surface area contributed by atoms with Crippen molar-refractivity contribution in [3.8, 4) is 0 Å². The van der Waals surface area contributed by atoms with Gasteiger partial charge in [-0.1, -0.05) is 24.3 Å². The number of hydrogen-bond acceptors (Lipinski definition) is 5. The SMILES string of the molecule is COC(=O)C1CCCN1C(=O)OC(C)(C)C.O=C(O)N1CCc2ccccc2C1. The van der Waals surface area contributed by atoms with Crippen LogP contribution in [0.4, 0.5) is 9.59 Å². The normalized spacial score (nSPS) is 18.3. The first-order valence-electron chi connectivity index (χ1n) is 9.74. The van der Waals surface area contributed by atoms with E-state index in [0.717, 1.165) is 18.4 Å². The first-order valence-corrected chi connectivity index (χ1v) is 9.74. The van der Waals surface area contributed by atoms with Crippen LogP contribution >= 0.6 is 0 Å². The summed E-state index contributed by atoms with van der Waals surface area (Å²) < 4.78 is 9.88. The van der Waals surface area contributed by atoms with Gasteiger partial charge in [-0.15, -0.1) is 0 Å². The number of benzene rings is 1. The number of carbonyl (C=O) groups is 3. The third-order valence-corrected chi connectivity index (χ3v) is 4.76. The zero-order valence-electron chi connectivity index (χ0n) is 17.5. The van der Waals surface area contributed by atoms with Crippen LogP contribution in [0.3, 0.4) is 0 Å². The molecule has 0 aliphatic carbocycles. The van der Waals surface area contributed by atoms with Crippen LogP contribution in [0.5, 0.6) is 0 Å². The van der Waals surface area contributed by atoms with E-state index in [4.69, 9.17) is 9.84 Å². The van der Waals surface area contributed by atoms with Crippen LogP contribution in [0.1, 0.15) is 44.7 Å². The first kappa shape index (κ1) is 22.5. The average Bonchev–Trinajstić information content (AvgIpc) is 3.16. The molecule has 1 aromatic carbocycles. The summed E-state index contributed by atoms with van der Waals surface area (Å²) in [5, 5.41) is 8.79. The molecule has 1 N–H and O–H groups in total. The van der Waals surface area contributed by atoms with Crippen molar-refractivity contribution in [1.29, 1.82) is 0 Å². The number of fused-ring (bicyclic) bond motifs is 1. The Balaban J connectivity index is 0.000000211. The molecule has 1 saturated heterocycles. The van der Waals surface area contributed by atoms with Crippen molar-refractivity contribution >= 4 is 18.2 Å².